The number of thiophene rings is 2. The third kappa shape index (κ3) is 6.01. The molecule has 2 nitrogen and oxygen atoms in total. The molecule has 0 N–H and O–H groups in total. The first-order valence-corrected chi connectivity index (χ1v) is 22.5. The normalized spacial score (nSPS) is 11.7. The van der Waals surface area contributed by atoms with Gasteiger partial charge in [0.25, 0.3) is 0 Å². The largest absolute Gasteiger partial charge is 0.310 e. The van der Waals surface area contributed by atoms with Crippen molar-refractivity contribution in [2.24, 2.45) is 0 Å². The van der Waals surface area contributed by atoms with Crippen molar-refractivity contribution < 1.29 is 0 Å². The summed E-state index contributed by atoms with van der Waals surface area (Å²) < 4.78 is 6.41. The summed E-state index contributed by atoms with van der Waals surface area (Å²) in [6.07, 6.45) is 0. The van der Waals surface area contributed by atoms with Gasteiger partial charge >= 0.3 is 0 Å². The fraction of sp³-hybridized carbons (Fsp3) is 0. The molecule has 0 aliphatic rings. The Morgan fingerprint density at radius 3 is 1.70 bits per heavy atom. The van der Waals surface area contributed by atoms with Crippen LogP contribution >= 0.6 is 34.0 Å². The Labute approximate surface area is 359 Å². The zero-order valence-corrected chi connectivity index (χ0v) is 34.7. The van der Waals surface area contributed by atoms with Crippen molar-refractivity contribution in [3.05, 3.63) is 206 Å². The van der Waals surface area contributed by atoms with E-state index in [2.05, 4.69) is 211 Å². The van der Waals surface area contributed by atoms with Gasteiger partial charge in [0.05, 0.1) is 10.2 Å². The van der Waals surface area contributed by atoms with E-state index in [1.165, 1.54) is 78.4 Å². The van der Waals surface area contributed by atoms with Gasteiger partial charge in [-0.3, -0.25) is 0 Å². The second-order valence-corrected chi connectivity index (χ2v) is 18.3. The molecule has 3 heterocycles. The lowest BCUT2D eigenvalue weighted by Crippen LogP contribution is -2.10. The lowest BCUT2D eigenvalue weighted by molar-refractivity contribution is 1.28. The number of rotatable bonds is 7. The molecule has 9 aromatic carbocycles. The van der Waals surface area contributed by atoms with Crippen molar-refractivity contribution in [1.82, 2.24) is 4.98 Å². The molecule has 0 saturated carbocycles. The molecule has 282 valence electrons. The van der Waals surface area contributed by atoms with Gasteiger partial charge in [-0.1, -0.05) is 140 Å². The highest BCUT2D eigenvalue weighted by Crippen LogP contribution is 2.45. The highest BCUT2D eigenvalue weighted by molar-refractivity contribution is 7.27. The molecule has 0 radical (unpaired) electrons. The SMILES string of the molecule is c1ccc(-c2ccc(N(c3ccc(-c4ccc5sc6ccc7sc(-c8ccccc8)nc7c6c5c4)cc3)c3cccc(-c4cccc5c4sc4ccccc45)c3)cc2)cc1. The summed E-state index contributed by atoms with van der Waals surface area (Å²) in [6, 6.07) is 75.0. The minimum absolute atomic E-state index is 1.06. The smallest absolute Gasteiger partial charge is 0.124 e. The van der Waals surface area contributed by atoms with Crippen molar-refractivity contribution in [2.75, 3.05) is 4.90 Å². The first-order valence-electron chi connectivity index (χ1n) is 20.1. The Kier molecular flexibility index (Phi) is 8.44. The van der Waals surface area contributed by atoms with Gasteiger partial charge in [0.15, 0.2) is 0 Å². The second-order valence-electron chi connectivity index (χ2n) is 15.1. The van der Waals surface area contributed by atoms with Crippen LogP contribution in [0.4, 0.5) is 17.1 Å². The third-order valence-electron chi connectivity index (χ3n) is 11.5. The second kappa shape index (κ2) is 14.4. The first-order chi connectivity index (χ1) is 29.7. The van der Waals surface area contributed by atoms with Gasteiger partial charge in [-0.2, -0.15) is 0 Å². The minimum Gasteiger partial charge on any atom is -0.310 e. The molecule has 12 aromatic rings. The predicted octanol–water partition coefficient (Wildman–Crippen LogP) is 17.2. The van der Waals surface area contributed by atoms with Gasteiger partial charge in [-0.25, -0.2) is 4.98 Å². The van der Waals surface area contributed by atoms with Crippen molar-refractivity contribution >= 4 is 102 Å². The monoisotopic (exact) mass is 818 g/mol. The maximum absolute atomic E-state index is 5.22. The molecule has 0 atom stereocenters. The molecular weight excluding hydrogens is 785 g/mol. The Bertz CT molecular complexity index is 3530. The van der Waals surface area contributed by atoms with Crippen molar-refractivity contribution in [3.8, 4) is 44.0 Å². The number of aromatic nitrogens is 1. The van der Waals surface area contributed by atoms with Crippen molar-refractivity contribution in [3.63, 3.8) is 0 Å². The molecule has 0 fully saturated rings. The molecule has 0 unspecified atom stereocenters. The van der Waals surface area contributed by atoms with E-state index in [-0.39, 0.29) is 0 Å². The summed E-state index contributed by atoms with van der Waals surface area (Å²) in [5.74, 6) is 0. The van der Waals surface area contributed by atoms with E-state index in [9.17, 15) is 0 Å². The zero-order chi connectivity index (χ0) is 39.6. The van der Waals surface area contributed by atoms with Crippen LogP contribution in [-0.2, 0) is 0 Å². The summed E-state index contributed by atoms with van der Waals surface area (Å²) in [4.78, 5) is 7.60. The number of hydrogen-bond donors (Lipinski definition) is 0. The lowest BCUT2D eigenvalue weighted by atomic mass is 10.0. The van der Waals surface area contributed by atoms with E-state index in [0.29, 0.717) is 0 Å². The number of anilines is 3. The highest BCUT2D eigenvalue weighted by Gasteiger charge is 2.18. The Morgan fingerprint density at radius 1 is 0.333 bits per heavy atom. The van der Waals surface area contributed by atoms with Crippen LogP contribution in [0.2, 0.25) is 0 Å². The third-order valence-corrected chi connectivity index (χ3v) is 14.9. The first kappa shape index (κ1) is 35.1. The van der Waals surface area contributed by atoms with E-state index >= 15 is 0 Å². The lowest BCUT2D eigenvalue weighted by Gasteiger charge is -2.26. The van der Waals surface area contributed by atoms with Crippen LogP contribution in [0, 0.1) is 0 Å². The van der Waals surface area contributed by atoms with Crippen LogP contribution < -0.4 is 4.90 Å². The number of benzene rings is 9. The number of nitrogens with zero attached hydrogens (tertiary/aromatic N) is 2. The summed E-state index contributed by atoms with van der Waals surface area (Å²) in [5.41, 5.74) is 12.8. The van der Waals surface area contributed by atoms with E-state index in [1.807, 2.05) is 22.7 Å². The predicted molar refractivity (Wildman–Crippen MR) is 262 cm³/mol. The van der Waals surface area contributed by atoms with Crippen LogP contribution in [0.5, 0.6) is 0 Å². The number of hydrogen-bond acceptors (Lipinski definition) is 5. The van der Waals surface area contributed by atoms with E-state index in [1.54, 1.807) is 11.3 Å². The van der Waals surface area contributed by atoms with Crippen molar-refractivity contribution in [2.45, 2.75) is 0 Å². The van der Waals surface area contributed by atoms with Gasteiger partial charge in [-0.05, 0) is 100 Å². The van der Waals surface area contributed by atoms with Crippen LogP contribution in [0.25, 0.3) is 94.5 Å². The average Bonchev–Trinajstić information content (AvgIpc) is 4.04. The van der Waals surface area contributed by atoms with Crippen LogP contribution in [-0.4, -0.2) is 4.98 Å². The standard InChI is InChI=1S/C55H34N2S3/c1-3-11-35(12-4-1)36-21-26-41(27-22-36)57(43-16-9-15-40(33-43)44-18-10-19-46-45-17-7-8-20-48(45)59-54(44)46)42-28-23-37(24-29-42)39-25-30-49-47(34-39)52-50(58-49)31-32-51-53(52)56-55(60-51)38-13-5-2-6-14-38/h1-34H. The molecule has 60 heavy (non-hydrogen) atoms. The zero-order valence-electron chi connectivity index (χ0n) is 32.2. The van der Waals surface area contributed by atoms with E-state index in [0.717, 1.165) is 33.1 Å². The fourth-order valence-corrected chi connectivity index (χ4v) is 11.9. The van der Waals surface area contributed by atoms with Gasteiger partial charge in [0, 0.05) is 63.0 Å². The Morgan fingerprint density at radius 2 is 0.917 bits per heavy atom. The molecule has 0 bridgehead atoms. The molecular formula is C55H34N2S3. The molecule has 0 aliphatic heterocycles. The quantitative estimate of drug-likeness (QED) is 0.159. The topological polar surface area (TPSA) is 16.1 Å². The van der Waals surface area contributed by atoms with Gasteiger partial charge in [0.2, 0.25) is 0 Å². The maximum atomic E-state index is 5.22. The summed E-state index contributed by atoms with van der Waals surface area (Å²) in [7, 11) is 0. The molecule has 0 saturated heterocycles. The molecule has 0 amide bonds. The van der Waals surface area contributed by atoms with Gasteiger partial charge in [-0.15, -0.1) is 34.0 Å². The van der Waals surface area contributed by atoms with Crippen LogP contribution in [0.15, 0.2) is 206 Å². The molecule has 5 heteroatoms. The van der Waals surface area contributed by atoms with Gasteiger partial charge in [0.1, 0.15) is 5.01 Å². The average molecular weight is 819 g/mol. The summed E-state index contributed by atoms with van der Waals surface area (Å²) >= 11 is 5.49. The minimum atomic E-state index is 1.06. The number of thiazole rings is 1. The van der Waals surface area contributed by atoms with E-state index in [4.69, 9.17) is 4.98 Å². The highest BCUT2D eigenvalue weighted by atomic mass is 32.1. The van der Waals surface area contributed by atoms with Crippen LogP contribution in [0.1, 0.15) is 0 Å². The van der Waals surface area contributed by atoms with E-state index < -0.39 is 0 Å². The molecule has 0 spiro atoms. The molecule has 3 aromatic heterocycles. The summed E-state index contributed by atoms with van der Waals surface area (Å²) in [5, 5.41) is 6.20. The molecule has 12 rings (SSSR count). The van der Waals surface area contributed by atoms with Crippen LogP contribution in [0.3, 0.4) is 0 Å². The fourth-order valence-electron chi connectivity index (χ4n) is 8.61. The Hall–Kier alpha value is -6.89. The Balaban J connectivity index is 0.951. The van der Waals surface area contributed by atoms with Crippen molar-refractivity contribution in [1.29, 1.82) is 0 Å². The maximum Gasteiger partial charge on any atom is 0.124 e. The summed E-state index contributed by atoms with van der Waals surface area (Å²) in [6.45, 7) is 0. The molecule has 0 aliphatic carbocycles. The van der Waals surface area contributed by atoms with Gasteiger partial charge < -0.3 is 4.90 Å². The number of fused-ring (bicyclic) bond motifs is 8.